The van der Waals surface area contributed by atoms with Crippen molar-refractivity contribution >= 4 is 5.91 Å². The lowest BCUT2D eigenvalue weighted by molar-refractivity contribution is -0.126. The van der Waals surface area contributed by atoms with E-state index >= 15 is 0 Å². The first-order valence-electron chi connectivity index (χ1n) is 7.80. The molecule has 3 aromatic rings. The number of ether oxygens (including phenoxy) is 1. The molecule has 0 spiro atoms. The van der Waals surface area contributed by atoms with Gasteiger partial charge in [0.25, 0.3) is 0 Å². The van der Waals surface area contributed by atoms with Gasteiger partial charge in [0.2, 0.25) is 5.91 Å². The van der Waals surface area contributed by atoms with E-state index in [9.17, 15) is 9.18 Å². The summed E-state index contributed by atoms with van der Waals surface area (Å²) in [5, 5.41) is 6.66. The Hall–Kier alpha value is -2.99. The average molecular weight is 340 g/mol. The monoisotopic (exact) mass is 340 g/mol. The summed E-state index contributed by atoms with van der Waals surface area (Å²) in [6, 6.07) is 17.3. The molecule has 0 atom stereocenters. The Balaban J connectivity index is 1.43. The van der Waals surface area contributed by atoms with Crippen molar-refractivity contribution in [1.82, 2.24) is 10.5 Å². The molecule has 0 bridgehead atoms. The molecule has 0 aliphatic heterocycles. The molecule has 1 heterocycles. The number of nitrogens with one attached hydrogen (secondary N) is 1. The van der Waals surface area contributed by atoms with E-state index in [0.29, 0.717) is 18.0 Å². The van der Waals surface area contributed by atoms with Crippen LogP contribution in [0, 0.1) is 5.82 Å². The van der Waals surface area contributed by atoms with Gasteiger partial charge in [-0.05, 0) is 29.8 Å². The van der Waals surface area contributed by atoms with Gasteiger partial charge in [-0.1, -0.05) is 35.5 Å². The number of hydrogen-bond donors (Lipinski definition) is 1. The smallest absolute Gasteiger partial charge is 0.246 e. The third kappa shape index (κ3) is 4.99. The molecule has 0 radical (unpaired) electrons. The predicted molar refractivity (Wildman–Crippen MR) is 89.8 cm³/mol. The third-order valence-electron chi connectivity index (χ3n) is 3.50. The summed E-state index contributed by atoms with van der Waals surface area (Å²) in [5.41, 5.74) is 2.31. The van der Waals surface area contributed by atoms with Crippen LogP contribution in [0.2, 0.25) is 0 Å². The molecule has 1 amide bonds. The molecule has 0 saturated heterocycles. The molecule has 6 heteroatoms. The lowest BCUT2D eigenvalue weighted by Gasteiger charge is -2.05. The van der Waals surface area contributed by atoms with E-state index in [1.165, 1.54) is 12.1 Å². The van der Waals surface area contributed by atoms with Crippen LogP contribution in [0.15, 0.2) is 65.2 Å². The van der Waals surface area contributed by atoms with E-state index < -0.39 is 0 Å². The Labute approximate surface area is 144 Å². The normalized spacial score (nSPS) is 10.6. The second kappa shape index (κ2) is 8.21. The number of amides is 1. The highest BCUT2D eigenvalue weighted by molar-refractivity contribution is 5.77. The maximum atomic E-state index is 12.9. The summed E-state index contributed by atoms with van der Waals surface area (Å²) >= 11 is 0. The quantitative estimate of drug-likeness (QED) is 0.717. The molecule has 25 heavy (non-hydrogen) atoms. The molecule has 0 unspecified atom stereocenters. The molecule has 3 rings (SSSR count). The lowest BCUT2D eigenvalue weighted by Crippen LogP contribution is -2.27. The van der Waals surface area contributed by atoms with Crippen LogP contribution >= 0.6 is 0 Å². The van der Waals surface area contributed by atoms with Crippen molar-refractivity contribution in [3.05, 3.63) is 77.7 Å². The standard InChI is InChI=1S/C19H17FN2O3/c20-16-8-6-15(7-9-16)18-10-17(22-25-18)12-24-13-19(23)21-11-14-4-2-1-3-5-14/h1-10H,11-13H2,(H,21,23). The first-order chi connectivity index (χ1) is 12.2. The predicted octanol–water partition coefficient (Wildman–Crippen LogP) is 3.31. The minimum atomic E-state index is -0.312. The number of rotatable bonds is 7. The lowest BCUT2D eigenvalue weighted by atomic mass is 10.1. The highest BCUT2D eigenvalue weighted by Crippen LogP contribution is 2.20. The molecule has 5 nitrogen and oxygen atoms in total. The minimum absolute atomic E-state index is 0.0639. The van der Waals surface area contributed by atoms with Gasteiger partial charge < -0.3 is 14.6 Å². The highest BCUT2D eigenvalue weighted by atomic mass is 19.1. The first kappa shape index (κ1) is 16.9. The maximum absolute atomic E-state index is 12.9. The summed E-state index contributed by atoms with van der Waals surface area (Å²) in [7, 11) is 0. The fourth-order valence-corrected chi connectivity index (χ4v) is 2.23. The van der Waals surface area contributed by atoms with Gasteiger partial charge in [-0.2, -0.15) is 0 Å². The summed E-state index contributed by atoms with van der Waals surface area (Å²) in [4.78, 5) is 11.7. The van der Waals surface area contributed by atoms with E-state index in [2.05, 4.69) is 10.5 Å². The molecule has 0 saturated carbocycles. The molecular formula is C19H17FN2O3. The molecule has 128 valence electrons. The second-order valence-electron chi connectivity index (χ2n) is 5.44. The number of nitrogens with zero attached hydrogens (tertiary/aromatic N) is 1. The summed E-state index contributed by atoms with van der Waals surface area (Å²) in [6.45, 7) is 0.552. The highest BCUT2D eigenvalue weighted by Gasteiger charge is 2.08. The molecule has 0 fully saturated rings. The van der Waals surface area contributed by atoms with Gasteiger partial charge in [0.1, 0.15) is 18.1 Å². The van der Waals surface area contributed by atoms with E-state index in [1.807, 2.05) is 30.3 Å². The topological polar surface area (TPSA) is 64.4 Å². The number of hydrogen-bond acceptors (Lipinski definition) is 4. The van der Waals surface area contributed by atoms with Crippen LogP contribution in [0.5, 0.6) is 0 Å². The number of carbonyl (C=O) groups excluding carboxylic acids is 1. The van der Waals surface area contributed by atoms with Crippen LogP contribution in [0.25, 0.3) is 11.3 Å². The Kier molecular flexibility index (Phi) is 5.53. The van der Waals surface area contributed by atoms with Gasteiger partial charge in [0.15, 0.2) is 5.76 Å². The molecular weight excluding hydrogens is 323 g/mol. The van der Waals surface area contributed by atoms with Crippen molar-refractivity contribution in [2.24, 2.45) is 0 Å². The Morgan fingerprint density at radius 2 is 1.88 bits per heavy atom. The summed E-state index contributed by atoms with van der Waals surface area (Å²) in [6.07, 6.45) is 0. The second-order valence-corrected chi connectivity index (χ2v) is 5.44. The van der Waals surface area contributed by atoms with Crippen molar-refractivity contribution in [1.29, 1.82) is 0 Å². The van der Waals surface area contributed by atoms with Crippen LogP contribution in [0.1, 0.15) is 11.3 Å². The number of benzene rings is 2. The van der Waals surface area contributed by atoms with Crippen molar-refractivity contribution in [2.75, 3.05) is 6.61 Å². The van der Waals surface area contributed by atoms with Gasteiger partial charge in [0, 0.05) is 18.2 Å². The molecule has 0 aliphatic rings. The van der Waals surface area contributed by atoms with Crippen molar-refractivity contribution in [3.8, 4) is 11.3 Å². The molecule has 2 aromatic carbocycles. The van der Waals surface area contributed by atoms with E-state index in [4.69, 9.17) is 9.26 Å². The number of carbonyl (C=O) groups is 1. The number of aromatic nitrogens is 1. The van der Waals surface area contributed by atoms with Gasteiger partial charge in [-0.15, -0.1) is 0 Å². The Bertz CT molecular complexity index is 816. The average Bonchev–Trinajstić information content (AvgIpc) is 3.10. The minimum Gasteiger partial charge on any atom is -0.365 e. The SMILES string of the molecule is O=C(COCc1cc(-c2ccc(F)cc2)on1)NCc1ccccc1. The maximum Gasteiger partial charge on any atom is 0.246 e. The van der Waals surface area contributed by atoms with Gasteiger partial charge in [0.05, 0.1) is 6.61 Å². The van der Waals surface area contributed by atoms with Gasteiger partial charge in [-0.3, -0.25) is 4.79 Å². The van der Waals surface area contributed by atoms with Crippen molar-refractivity contribution in [3.63, 3.8) is 0 Å². The van der Waals surface area contributed by atoms with E-state index in [-0.39, 0.29) is 24.9 Å². The summed E-state index contributed by atoms with van der Waals surface area (Å²) in [5.74, 6) is 0.00609. The van der Waals surface area contributed by atoms with E-state index in [0.717, 1.165) is 11.1 Å². The number of halogens is 1. The third-order valence-corrected chi connectivity index (χ3v) is 3.50. The molecule has 1 aromatic heterocycles. The van der Waals surface area contributed by atoms with Crippen LogP contribution in [0.3, 0.4) is 0 Å². The fourth-order valence-electron chi connectivity index (χ4n) is 2.23. The van der Waals surface area contributed by atoms with Crippen molar-refractivity contribution < 1.29 is 18.4 Å². The van der Waals surface area contributed by atoms with Crippen LogP contribution in [0.4, 0.5) is 4.39 Å². The Morgan fingerprint density at radius 1 is 1.12 bits per heavy atom. The van der Waals surface area contributed by atoms with Crippen LogP contribution in [-0.4, -0.2) is 17.7 Å². The van der Waals surface area contributed by atoms with Gasteiger partial charge in [-0.25, -0.2) is 4.39 Å². The van der Waals surface area contributed by atoms with Crippen molar-refractivity contribution in [2.45, 2.75) is 13.2 Å². The fraction of sp³-hybridized carbons (Fsp3) is 0.158. The van der Waals surface area contributed by atoms with Gasteiger partial charge >= 0.3 is 0 Å². The zero-order valence-electron chi connectivity index (χ0n) is 13.4. The zero-order valence-corrected chi connectivity index (χ0v) is 13.4. The largest absolute Gasteiger partial charge is 0.365 e. The molecule has 0 aliphatic carbocycles. The summed E-state index contributed by atoms with van der Waals surface area (Å²) < 4.78 is 23.5. The Morgan fingerprint density at radius 3 is 2.64 bits per heavy atom. The van der Waals surface area contributed by atoms with Crippen LogP contribution < -0.4 is 5.32 Å². The van der Waals surface area contributed by atoms with Crippen LogP contribution in [-0.2, 0) is 22.7 Å². The first-order valence-corrected chi connectivity index (χ1v) is 7.80. The van der Waals surface area contributed by atoms with E-state index in [1.54, 1.807) is 18.2 Å². The zero-order chi connectivity index (χ0) is 17.5. The molecule has 1 N–H and O–H groups in total.